The summed E-state index contributed by atoms with van der Waals surface area (Å²) in [6.07, 6.45) is 0. The molecule has 5 nitrogen and oxygen atoms in total. The largest absolute Gasteiger partial charge is 0.344 e. The van der Waals surface area contributed by atoms with Crippen LogP contribution in [0.25, 0.3) is 0 Å². The van der Waals surface area contributed by atoms with Crippen molar-refractivity contribution in [2.75, 3.05) is 6.54 Å². The maximum Gasteiger partial charge on any atom is 0.273 e. The number of carbonyl (C=O) groups is 1. The van der Waals surface area contributed by atoms with Crippen LogP contribution < -0.4 is 11.1 Å². The molecule has 0 saturated heterocycles. The highest BCUT2D eigenvalue weighted by Gasteiger charge is 2.31. The molecule has 1 atom stereocenters. The van der Waals surface area contributed by atoms with Crippen molar-refractivity contribution < 1.29 is 4.79 Å². The topological polar surface area (TPSA) is 83.8 Å². The Kier molecular flexibility index (Phi) is 5.15. The molecule has 0 spiro atoms. The normalized spacial score (nSPS) is 14.8. The summed E-state index contributed by atoms with van der Waals surface area (Å²) in [5.74, 6) is 0.301. The molecule has 4 N–H and O–H groups in total. The van der Waals surface area contributed by atoms with Gasteiger partial charge in [-0.15, -0.1) is 0 Å². The third-order valence-corrected chi connectivity index (χ3v) is 4.43. The zero-order valence-electron chi connectivity index (χ0n) is 12.2. The minimum Gasteiger partial charge on any atom is -0.344 e. The van der Waals surface area contributed by atoms with E-state index in [0.717, 1.165) is 10.2 Å². The van der Waals surface area contributed by atoms with Gasteiger partial charge in [-0.25, -0.2) is 0 Å². The number of aromatic nitrogens is 2. The minimum absolute atomic E-state index is 0.211. The molecule has 6 heteroatoms. The Hall–Kier alpha value is -0.880. The van der Waals surface area contributed by atoms with Crippen molar-refractivity contribution in [3.05, 3.63) is 15.9 Å². The lowest BCUT2D eigenvalue weighted by Gasteiger charge is -2.33. The second-order valence-electron chi connectivity index (χ2n) is 5.68. The van der Waals surface area contributed by atoms with E-state index in [1.165, 1.54) is 0 Å². The number of carbonyl (C=O) groups excluding carboxylic acids is 1. The summed E-state index contributed by atoms with van der Waals surface area (Å²) in [6.45, 7) is 10.5. The Labute approximate surface area is 122 Å². The minimum atomic E-state index is -0.437. The first-order valence-electron chi connectivity index (χ1n) is 6.49. The van der Waals surface area contributed by atoms with Crippen LogP contribution in [0.15, 0.2) is 4.47 Å². The number of halogens is 1. The van der Waals surface area contributed by atoms with E-state index in [4.69, 9.17) is 5.73 Å². The second kappa shape index (κ2) is 6.05. The van der Waals surface area contributed by atoms with Crippen molar-refractivity contribution in [3.8, 4) is 0 Å². The first kappa shape index (κ1) is 16.2. The number of H-pyrrole nitrogens is 1. The monoisotopic (exact) mass is 330 g/mol. The molecule has 0 radical (unpaired) electrons. The van der Waals surface area contributed by atoms with E-state index in [1.54, 1.807) is 0 Å². The van der Waals surface area contributed by atoms with Gasteiger partial charge in [-0.1, -0.05) is 27.7 Å². The fourth-order valence-electron chi connectivity index (χ4n) is 1.62. The second-order valence-corrected chi connectivity index (χ2v) is 6.48. The van der Waals surface area contributed by atoms with Gasteiger partial charge < -0.3 is 11.1 Å². The molecule has 0 aliphatic rings. The molecule has 1 aromatic rings. The van der Waals surface area contributed by atoms with E-state index >= 15 is 0 Å². The van der Waals surface area contributed by atoms with Crippen molar-refractivity contribution in [2.45, 2.75) is 46.1 Å². The van der Waals surface area contributed by atoms with Gasteiger partial charge >= 0.3 is 0 Å². The molecule has 1 amide bonds. The molecule has 0 aliphatic heterocycles. The van der Waals surface area contributed by atoms with Crippen LogP contribution in [-0.2, 0) is 0 Å². The summed E-state index contributed by atoms with van der Waals surface area (Å²) in [4.78, 5) is 12.3. The SMILES string of the molecule is CC(C)c1[nH]nc(C(=O)NC(C)(CN)C(C)C)c1Br. The van der Waals surface area contributed by atoms with E-state index in [0.29, 0.717) is 12.2 Å². The number of hydrogen-bond donors (Lipinski definition) is 3. The molecule has 0 aliphatic carbocycles. The van der Waals surface area contributed by atoms with Crippen molar-refractivity contribution in [1.29, 1.82) is 0 Å². The summed E-state index contributed by atoms with van der Waals surface area (Å²) in [5, 5.41) is 9.96. The van der Waals surface area contributed by atoms with Crippen LogP contribution in [0.5, 0.6) is 0 Å². The molecule has 0 aromatic carbocycles. The fourth-order valence-corrected chi connectivity index (χ4v) is 2.44. The third-order valence-electron chi connectivity index (χ3n) is 3.62. The summed E-state index contributed by atoms with van der Waals surface area (Å²) in [6, 6.07) is 0. The Morgan fingerprint density at radius 3 is 2.42 bits per heavy atom. The van der Waals surface area contributed by atoms with E-state index < -0.39 is 5.54 Å². The highest BCUT2D eigenvalue weighted by molar-refractivity contribution is 9.10. The summed E-state index contributed by atoms with van der Waals surface area (Å²) < 4.78 is 0.725. The van der Waals surface area contributed by atoms with Crippen LogP contribution in [0, 0.1) is 5.92 Å². The maximum absolute atomic E-state index is 12.3. The van der Waals surface area contributed by atoms with Crippen LogP contribution in [-0.4, -0.2) is 28.2 Å². The van der Waals surface area contributed by atoms with Gasteiger partial charge in [0.2, 0.25) is 0 Å². The van der Waals surface area contributed by atoms with Crippen molar-refractivity contribution in [2.24, 2.45) is 11.7 Å². The standard InChI is InChI=1S/C13H23BrN4O/c1-7(2)10-9(14)11(18-17-10)12(19)16-13(5,6-15)8(3)4/h7-8H,6,15H2,1-5H3,(H,16,19)(H,17,18). The molecular weight excluding hydrogens is 308 g/mol. The maximum atomic E-state index is 12.3. The van der Waals surface area contributed by atoms with Crippen LogP contribution in [0.2, 0.25) is 0 Å². The van der Waals surface area contributed by atoms with Crippen molar-refractivity contribution in [1.82, 2.24) is 15.5 Å². The fraction of sp³-hybridized carbons (Fsp3) is 0.692. The number of hydrogen-bond acceptors (Lipinski definition) is 3. The molecule has 0 fully saturated rings. The van der Waals surface area contributed by atoms with Gasteiger partial charge in [-0.05, 0) is 34.7 Å². The molecule has 1 aromatic heterocycles. The van der Waals surface area contributed by atoms with Crippen LogP contribution in [0.3, 0.4) is 0 Å². The zero-order chi connectivity index (χ0) is 14.8. The molecule has 1 rings (SSSR count). The number of rotatable bonds is 5. The Morgan fingerprint density at radius 2 is 2.05 bits per heavy atom. The number of nitrogens with zero attached hydrogens (tertiary/aromatic N) is 1. The van der Waals surface area contributed by atoms with Crippen LogP contribution in [0.4, 0.5) is 0 Å². The van der Waals surface area contributed by atoms with Crippen molar-refractivity contribution >= 4 is 21.8 Å². The lowest BCUT2D eigenvalue weighted by molar-refractivity contribution is 0.0877. The molecule has 0 saturated carbocycles. The number of amides is 1. The predicted molar refractivity (Wildman–Crippen MR) is 80.1 cm³/mol. The molecule has 1 heterocycles. The van der Waals surface area contributed by atoms with E-state index in [1.807, 2.05) is 34.6 Å². The lowest BCUT2D eigenvalue weighted by atomic mass is 9.88. The number of nitrogens with two attached hydrogens (primary N) is 1. The third kappa shape index (κ3) is 3.36. The van der Waals surface area contributed by atoms with Gasteiger partial charge in [0, 0.05) is 6.54 Å². The summed E-state index contributed by atoms with van der Waals surface area (Å²) >= 11 is 3.43. The Balaban J connectivity index is 2.96. The van der Waals surface area contributed by atoms with Gasteiger partial charge in [-0.2, -0.15) is 5.10 Å². The summed E-state index contributed by atoms with van der Waals surface area (Å²) in [7, 11) is 0. The Bertz CT molecular complexity index is 455. The van der Waals surface area contributed by atoms with Crippen molar-refractivity contribution in [3.63, 3.8) is 0 Å². The zero-order valence-corrected chi connectivity index (χ0v) is 13.8. The average molecular weight is 331 g/mol. The smallest absolute Gasteiger partial charge is 0.273 e. The highest BCUT2D eigenvalue weighted by Crippen LogP contribution is 2.26. The van der Waals surface area contributed by atoms with Gasteiger partial charge in [0.25, 0.3) is 5.91 Å². The Morgan fingerprint density at radius 1 is 1.47 bits per heavy atom. The molecule has 1 unspecified atom stereocenters. The van der Waals surface area contributed by atoms with Gasteiger partial charge in [-0.3, -0.25) is 9.89 Å². The average Bonchev–Trinajstić information content (AvgIpc) is 2.70. The molecule has 19 heavy (non-hydrogen) atoms. The molecular formula is C13H23BrN4O. The quantitative estimate of drug-likeness (QED) is 0.775. The van der Waals surface area contributed by atoms with E-state index in [2.05, 4.69) is 31.4 Å². The first-order valence-corrected chi connectivity index (χ1v) is 7.28. The van der Waals surface area contributed by atoms with Gasteiger partial charge in [0.1, 0.15) is 0 Å². The van der Waals surface area contributed by atoms with Crippen LogP contribution in [0.1, 0.15) is 56.7 Å². The van der Waals surface area contributed by atoms with E-state index in [-0.39, 0.29) is 17.7 Å². The molecule has 108 valence electrons. The lowest BCUT2D eigenvalue weighted by Crippen LogP contribution is -2.55. The number of nitrogens with one attached hydrogen (secondary N) is 2. The predicted octanol–water partition coefficient (Wildman–Crippen LogP) is 2.40. The van der Waals surface area contributed by atoms with Gasteiger partial charge in [0.15, 0.2) is 5.69 Å². The van der Waals surface area contributed by atoms with Crippen LogP contribution >= 0.6 is 15.9 Å². The highest BCUT2D eigenvalue weighted by atomic mass is 79.9. The summed E-state index contributed by atoms with van der Waals surface area (Å²) in [5.41, 5.74) is 6.63. The van der Waals surface area contributed by atoms with E-state index in [9.17, 15) is 4.79 Å². The first-order chi connectivity index (χ1) is 8.73. The number of aromatic amines is 1. The van der Waals surface area contributed by atoms with Gasteiger partial charge in [0.05, 0.1) is 15.7 Å². The molecule has 0 bridgehead atoms.